The molecule has 0 radical (unpaired) electrons. The molecule has 0 N–H and O–H groups in total. The lowest BCUT2D eigenvalue weighted by atomic mass is 10.3. The Morgan fingerprint density at radius 1 is 1.27 bits per heavy atom. The predicted octanol–water partition coefficient (Wildman–Crippen LogP) is 3.52. The monoisotopic (exact) mass is 391 g/mol. The van der Waals surface area contributed by atoms with Gasteiger partial charge in [0.2, 0.25) is 0 Å². The van der Waals surface area contributed by atoms with Crippen molar-refractivity contribution in [2.24, 2.45) is 0 Å². The molecule has 0 aliphatic carbocycles. The Kier molecular flexibility index (Phi) is 5.21. The van der Waals surface area contributed by atoms with E-state index >= 15 is 0 Å². The van der Waals surface area contributed by atoms with Gasteiger partial charge in [-0.1, -0.05) is 29.0 Å². The van der Waals surface area contributed by atoms with E-state index in [-0.39, 0.29) is 5.91 Å². The lowest BCUT2D eigenvalue weighted by Crippen LogP contribution is -2.43. The molecular weight excluding hydrogens is 374 g/mol. The minimum absolute atomic E-state index is 0.196. The van der Waals surface area contributed by atoms with Gasteiger partial charge in [0.1, 0.15) is 5.52 Å². The van der Waals surface area contributed by atoms with Gasteiger partial charge in [0.25, 0.3) is 5.91 Å². The molecule has 6 nitrogen and oxygen atoms in total. The minimum atomic E-state index is -0.196. The van der Waals surface area contributed by atoms with Gasteiger partial charge in [0, 0.05) is 26.2 Å². The summed E-state index contributed by atoms with van der Waals surface area (Å²) in [4.78, 5) is 21.5. The molecule has 3 aromatic rings. The molecule has 1 fully saturated rings. The number of carbonyl (C=O) groups excluding carboxylic acids is 1. The summed E-state index contributed by atoms with van der Waals surface area (Å²) in [6.07, 6.45) is 1.50. The largest absolute Gasteiger partial charge is 0.459 e. The number of hydrogen-bond donors (Lipinski definition) is 0. The molecule has 1 aromatic carbocycles. The van der Waals surface area contributed by atoms with Gasteiger partial charge in [0.15, 0.2) is 10.9 Å². The Morgan fingerprint density at radius 3 is 2.85 bits per heavy atom. The van der Waals surface area contributed by atoms with E-state index in [0.29, 0.717) is 22.5 Å². The molecule has 0 atom stereocenters. The van der Waals surface area contributed by atoms with E-state index < -0.39 is 0 Å². The summed E-state index contributed by atoms with van der Waals surface area (Å²) in [7, 11) is 0. The molecule has 0 unspecified atom stereocenters. The molecule has 8 heteroatoms. The first-order chi connectivity index (χ1) is 12.7. The second kappa shape index (κ2) is 7.75. The molecule has 0 bridgehead atoms. The van der Waals surface area contributed by atoms with Crippen LogP contribution in [0, 0.1) is 0 Å². The van der Waals surface area contributed by atoms with E-state index in [0.717, 1.165) is 43.1 Å². The molecule has 4 rings (SSSR count). The first-order valence-electron chi connectivity index (χ1n) is 8.43. The van der Waals surface area contributed by atoms with Crippen LogP contribution in [0.15, 0.2) is 41.0 Å². The average Bonchev–Trinajstić information content (AvgIpc) is 3.33. The third-order valence-corrected chi connectivity index (χ3v) is 5.66. The fourth-order valence-corrected chi connectivity index (χ4v) is 4.19. The third kappa shape index (κ3) is 3.61. The normalized spacial score (nSPS) is 15.4. The summed E-state index contributed by atoms with van der Waals surface area (Å²) in [5.41, 5.74) is 0.720. The van der Waals surface area contributed by atoms with Gasteiger partial charge in [-0.25, -0.2) is 4.98 Å². The molecule has 26 heavy (non-hydrogen) atoms. The van der Waals surface area contributed by atoms with Crippen LogP contribution in [-0.4, -0.2) is 55.2 Å². The zero-order chi connectivity index (χ0) is 17.9. The van der Waals surface area contributed by atoms with Crippen LogP contribution in [0.4, 0.5) is 5.13 Å². The molecule has 1 aliphatic rings. The Bertz CT molecular complexity index is 890. The topological polar surface area (TPSA) is 58.8 Å². The van der Waals surface area contributed by atoms with Gasteiger partial charge < -0.3 is 9.15 Å². The highest BCUT2D eigenvalue weighted by Gasteiger charge is 2.24. The maximum Gasteiger partial charge on any atom is 0.295 e. The van der Waals surface area contributed by atoms with Crippen LogP contribution in [0.2, 0.25) is 5.02 Å². The smallest absolute Gasteiger partial charge is 0.295 e. The number of amides is 1. The fourth-order valence-electron chi connectivity index (χ4n) is 2.90. The highest BCUT2D eigenvalue weighted by Crippen LogP contribution is 2.33. The summed E-state index contributed by atoms with van der Waals surface area (Å²) < 4.78 is 11.7. The number of thiazole rings is 1. The zero-order valence-electron chi connectivity index (χ0n) is 14.1. The van der Waals surface area contributed by atoms with E-state index in [1.165, 1.54) is 17.6 Å². The van der Waals surface area contributed by atoms with Gasteiger partial charge >= 0.3 is 0 Å². The van der Waals surface area contributed by atoms with Crippen LogP contribution < -0.4 is 4.90 Å². The number of aromatic nitrogens is 1. The second-order valence-corrected chi connectivity index (χ2v) is 7.39. The number of benzene rings is 1. The van der Waals surface area contributed by atoms with Crippen LogP contribution in [0.3, 0.4) is 0 Å². The first-order valence-corrected chi connectivity index (χ1v) is 9.62. The van der Waals surface area contributed by atoms with Gasteiger partial charge in [-0.15, -0.1) is 0 Å². The van der Waals surface area contributed by atoms with E-state index in [1.54, 1.807) is 23.1 Å². The minimum Gasteiger partial charge on any atom is -0.459 e. The zero-order valence-corrected chi connectivity index (χ0v) is 15.6. The Morgan fingerprint density at radius 2 is 2.12 bits per heavy atom. The molecule has 0 saturated carbocycles. The summed E-state index contributed by atoms with van der Waals surface area (Å²) in [5, 5.41) is 1.21. The number of morpholine rings is 1. The van der Waals surface area contributed by atoms with Gasteiger partial charge in [-0.3, -0.25) is 14.6 Å². The van der Waals surface area contributed by atoms with Crippen molar-refractivity contribution in [2.45, 2.75) is 0 Å². The van der Waals surface area contributed by atoms with Gasteiger partial charge in [-0.2, -0.15) is 0 Å². The molecule has 3 heterocycles. The maximum atomic E-state index is 13.0. The van der Waals surface area contributed by atoms with E-state index in [9.17, 15) is 4.79 Å². The Hall–Kier alpha value is -1.93. The van der Waals surface area contributed by atoms with Crippen LogP contribution in [0.1, 0.15) is 10.6 Å². The number of halogens is 1. The predicted molar refractivity (Wildman–Crippen MR) is 102 cm³/mol. The fraction of sp³-hybridized carbons (Fsp3) is 0.333. The Labute approximate surface area is 159 Å². The number of furan rings is 1. The number of para-hydroxylation sites is 1. The van der Waals surface area contributed by atoms with Crippen molar-refractivity contribution in [1.29, 1.82) is 0 Å². The lowest BCUT2D eigenvalue weighted by Gasteiger charge is -2.28. The number of nitrogens with zero attached hydrogens (tertiary/aromatic N) is 3. The number of carbonyl (C=O) groups is 1. The van der Waals surface area contributed by atoms with Crippen molar-refractivity contribution in [1.82, 2.24) is 9.88 Å². The van der Waals surface area contributed by atoms with Crippen LogP contribution >= 0.6 is 22.9 Å². The van der Waals surface area contributed by atoms with E-state index in [4.69, 9.17) is 20.8 Å². The van der Waals surface area contributed by atoms with Crippen molar-refractivity contribution in [3.63, 3.8) is 0 Å². The SMILES string of the molecule is O=C(c1ccco1)N(CCN1CCOCC1)c1nc2c(Cl)cccc2s1. The highest BCUT2D eigenvalue weighted by molar-refractivity contribution is 7.22. The number of rotatable bonds is 5. The Balaban J connectivity index is 1.62. The standard InChI is InChI=1S/C18H18ClN3O3S/c19-13-3-1-5-15-16(13)20-18(26-15)22(17(23)14-4-2-10-25-14)7-6-21-8-11-24-12-9-21/h1-5,10H,6-9,11-12H2. The number of ether oxygens (including phenoxy) is 1. The molecule has 0 spiro atoms. The summed E-state index contributed by atoms with van der Waals surface area (Å²) in [6.45, 7) is 4.46. The van der Waals surface area contributed by atoms with Crippen LogP contribution in [0.5, 0.6) is 0 Å². The summed E-state index contributed by atoms with van der Waals surface area (Å²) >= 11 is 7.71. The number of hydrogen-bond acceptors (Lipinski definition) is 6. The summed E-state index contributed by atoms with van der Waals surface area (Å²) in [6, 6.07) is 9.03. The van der Waals surface area contributed by atoms with Gasteiger partial charge in [-0.05, 0) is 24.3 Å². The van der Waals surface area contributed by atoms with Crippen LogP contribution in [-0.2, 0) is 4.74 Å². The van der Waals surface area contributed by atoms with Gasteiger partial charge in [0.05, 0.1) is 29.2 Å². The van der Waals surface area contributed by atoms with E-state index in [1.807, 2.05) is 12.1 Å². The quantitative estimate of drug-likeness (QED) is 0.666. The number of fused-ring (bicyclic) bond motifs is 1. The molecule has 2 aromatic heterocycles. The molecule has 1 saturated heterocycles. The van der Waals surface area contributed by atoms with Crippen molar-refractivity contribution in [3.05, 3.63) is 47.4 Å². The first kappa shape index (κ1) is 17.5. The highest BCUT2D eigenvalue weighted by atomic mass is 35.5. The number of anilines is 1. The van der Waals surface area contributed by atoms with Crippen molar-refractivity contribution in [3.8, 4) is 0 Å². The van der Waals surface area contributed by atoms with Crippen molar-refractivity contribution >= 4 is 44.2 Å². The maximum absolute atomic E-state index is 13.0. The summed E-state index contributed by atoms with van der Waals surface area (Å²) in [5.74, 6) is 0.107. The van der Waals surface area contributed by atoms with Crippen molar-refractivity contribution in [2.75, 3.05) is 44.3 Å². The molecular formula is C18H18ClN3O3S. The average molecular weight is 392 g/mol. The lowest BCUT2D eigenvalue weighted by molar-refractivity contribution is 0.0390. The molecule has 1 aliphatic heterocycles. The van der Waals surface area contributed by atoms with E-state index in [2.05, 4.69) is 9.88 Å². The second-order valence-electron chi connectivity index (χ2n) is 5.97. The third-order valence-electron chi connectivity index (χ3n) is 4.31. The molecule has 136 valence electrons. The molecule has 1 amide bonds. The van der Waals surface area contributed by atoms with Crippen molar-refractivity contribution < 1.29 is 13.9 Å². The van der Waals surface area contributed by atoms with Crippen LogP contribution in [0.25, 0.3) is 10.2 Å².